The maximum atomic E-state index is 5.88. The molecule has 0 amide bonds. The molecule has 1 aromatic carbocycles. The lowest BCUT2D eigenvalue weighted by molar-refractivity contribution is -0.899. The minimum Gasteiger partial charge on any atom is -0.271 e. The van der Waals surface area contributed by atoms with Crippen LogP contribution in [-0.2, 0) is 6.42 Å². The Labute approximate surface area is 122 Å². The summed E-state index contributed by atoms with van der Waals surface area (Å²) >= 11 is 0. The summed E-state index contributed by atoms with van der Waals surface area (Å²) in [6.45, 7) is 7.06. The van der Waals surface area contributed by atoms with Gasteiger partial charge in [0.15, 0.2) is 6.61 Å². The van der Waals surface area contributed by atoms with Crippen molar-refractivity contribution in [2.45, 2.75) is 40.0 Å². The second-order valence-electron chi connectivity index (χ2n) is 5.39. The number of nitrogens with zero attached hydrogens (tertiary/aromatic N) is 1. The van der Waals surface area contributed by atoms with Gasteiger partial charge < -0.3 is 0 Å². The molecule has 0 fully saturated rings. The molecule has 20 heavy (non-hydrogen) atoms. The zero-order chi connectivity index (χ0) is 14.4. The highest BCUT2D eigenvalue weighted by molar-refractivity contribution is 5.14. The fraction of sp³-hybridized carbons (Fsp3) is 0.389. The van der Waals surface area contributed by atoms with Gasteiger partial charge in [-0.1, -0.05) is 30.3 Å². The molecule has 0 saturated carbocycles. The summed E-state index contributed by atoms with van der Waals surface area (Å²) in [5.74, 6) is 0. The zero-order valence-electron chi connectivity index (χ0n) is 12.7. The molecule has 0 aliphatic rings. The third-order valence-electron chi connectivity index (χ3n) is 3.44. The van der Waals surface area contributed by atoms with Crippen LogP contribution in [0.5, 0.6) is 0 Å². The van der Waals surface area contributed by atoms with Crippen molar-refractivity contribution >= 4 is 0 Å². The topological polar surface area (TPSA) is 13.1 Å². The van der Waals surface area contributed by atoms with Crippen molar-refractivity contribution in [3.8, 4) is 0 Å². The number of hydrogen-bond donors (Lipinski definition) is 0. The van der Waals surface area contributed by atoms with Crippen molar-refractivity contribution in [3.63, 3.8) is 0 Å². The average Bonchev–Trinajstić information content (AvgIpc) is 2.42. The second-order valence-corrected chi connectivity index (χ2v) is 5.39. The monoisotopic (exact) mass is 270 g/mol. The number of rotatable bonds is 6. The van der Waals surface area contributed by atoms with Crippen molar-refractivity contribution in [2.75, 3.05) is 6.61 Å². The van der Waals surface area contributed by atoms with Crippen LogP contribution in [0.1, 0.15) is 35.4 Å². The Bertz CT molecular complexity index is 526. The Hall–Kier alpha value is -1.83. The molecule has 0 unspecified atom stereocenters. The molecule has 0 saturated heterocycles. The average molecular weight is 270 g/mol. The van der Waals surface area contributed by atoms with E-state index in [2.05, 4.69) is 63.2 Å². The summed E-state index contributed by atoms with van der Waals surface area (Å²) in [7, 11) is 0. The SMILES string of the molecule is Cc1cc(C)[n+](OCCCCc2ccccc2)c(C)c1. The van der Waals surface area contributed by atoms with Crippen molar-refractivity contribution in [2.24, 2.45) is 0 Å². The summed E-state index contributed by atoms with van der Waals surface area (Å²) in [5.41, 5.74) is 5.00. The molecule has 0 aliphatic carbocycles. The van der Waals surface area contributed by atoms with E-state index in [4.69, 9.17) is 4.84 Å². The highest BCUT2D eigenvalue weighted by Crippen LogP contribution is 2.04. The van der Waals surface area contributed by atoms with Crippen LogP contribution in [0.25, 0.3) is 0 Å². The van der Waals surface area contributed by atoms with E-state index in [1.54, 1.807) is 0 Å². The number of pyridine rings is 1. The first-order chi connectivity index (χ1) is 9.66. The molecular weight excluding hydrogens is 246 g/mol. The minimum atomic E-state index is 0.766. The van der Waals surface area contributed by atoms with E-state index in [1.165, 1.54) is 11.1 Å². The largest absolute Gasteiger partial charge is 0.271 e. The Balaban J connectivity index is 1.76. The molecule has 0 spiro atoms. The van der Waals surface area contributed by atoms with E-state index >= 15 is 0 Å². The first-order valence-electron chi connectivity index (χ1n) is 7.34. The molecule has 106 valence electrons. The summed E-state index contributed by atoms with van der Waals surface area (Å²) < 4.78 is 1.94. The Morgan fingerprint density at radius 2 is 1.55 bits per heavy atom. The van der Waals surface area contributed by atoms with Crippen LogP contribution < -0.4 is 9.57 Å². The third kappa shape index (κ3) is 4.09. The van der Waals surface area contributed by atoms with Crippen LogP contribution in [-0.4, -0.2) is 6.61 Å². The summed E-state index contributed by atoms with van der Waals surface area (Å²) in [6.07, 6.45) is 3.36. The lowest BCUT2D eigenvalue weighted by atomic mass is 10.1. The van der Waals surface area contributed by atoms with Gasteiger partial charge in [0.1, 0.15) is 0 Å². The summed E-state index contributed by atoms with van der Waals surface area (Å²) in [5, 5.41) is 0. The third-order valence-corrected chi connectivity index (χ3v) is 3.44. The van der Waals surface area contributed by atoms with Gasteiger partial charge in [-0.25, -0.2) is 0 Å². The highest BCUT2D eigenvalue weighted by atomic mass is 16.7. The molecular formula is C18H24NO+. The predicted octanol–water partition coefficient (Wildman–Crippen LogP) is 3.35. The molecule has 0 N–H and O–H groups in total. The van der Waals surface area contributed by atoms with Gasteiger partial charge >= 0.3 is 0 Å². The number of aromatic nitrogens is 1. The van der Waals surface area contributed by atoms with Gasteiger partial charge in [0, 0.05) is 30.7 Å². The maximum Gasteiger partial charge on any atom is 0.231 e. The number of benzene rings is 1. The van der Waals surface area contributed by atoms with Gasteiger partial charge in [-0.05, 0) is 37.3 Å². The molecule has 2 nitrogen and oxygen atoms in total. The minimum absolute atomic E-state index is 0.766. The molecule has 0 aliphatic heterocycles. The zero-order valence-corrected chi connectivity index (χ0v) is 12.7. The first kappa shape index (κ1) is 14.6. The van der Waals surface area contributed by atoms with Gasteiger partial charge in [0.05, 0.1) is 0 Å². The number of unbranched alkanes of at least 4 members (excludes halogenated alkanes) is 1. The van der Waals surface area contributed by atoms with Crippen LogP contribution >= 0.6 is 0 Å². The van der Waals surface area contributed by atoms with Gasteiger partial charge in [-0.15, -0.1) is 0 Å². The maximum absolute atomic E-state index is 5.88. The molecule has 2 aromatic rings. The second kappa shape index (κ2) is 7.09. The lowest BCUT2D eigenvalue weighted by Gasteiger charge is -2.05. The van der Waals surface area contributed by atoms with Crippen LogP contribution in [0.2, 0.25) is 0 Å². The molecule has 0 radical (unpaired) electrons. The smallest absolute Gasteiger partial charge is 0.231 e. The van der Waals surface area contributed by atoms with E-state index in [9.17, 15) is 0 Å². The van der Waals surface area contributed by atoms with E-state index in [-0.39, 0.29) is 0 Å². The van der Waals surface area contributed by atoms with Crippen LogP contribution in [0, 0.1) is 20.8 Å². The van der Waals surface area contributed by atoms with Crippen molar-refractivity contribution in [1.29, 1.82) is 0 Å². The molecule has 1 heterocycles. The Morgan fingerprint density at radius 3 is 2.20 bits per heavy atom. The lowest BCUT2D eigenvalue weighted by Crippen LogP contribution is -2.48. The molecule has 2 heteroatoms. The van der Waals surface area contributed by atoms with E-state index < -0.39 is 0 Å². The van der Waals surface area contributed by atoms with Crippen LogP contribution in [0.15, 0.2) is 42.5 Å². The standard InChI is InChI=1S/C18H24NO/c1-15-13-16(2)19(17(3)14-15)20-12-8-7-11-18-9-5-4-6-10-18/h4-6,9-10,13-14H,7-8,11-12H2,1-3H3/q+1. The van der Waals surface area contributed by atoms with E-state index in [0.29, 0.717) is 0 Å². The number of aryl methyl sites for hydroxylation is 4. The van der Waals surface area contributed by atoms with Crippen molar-refractivity contribution in [1.82, 2.24) is 0 Å². The fourth-order valence-corrected chi connectivity index (χ4v) is 2.53. The van der Waals surface area contributed by atoms with Gasteiger partial charge in [0.2, 0.25) is 11.4 Å². The summed E-state index contributed by atoms with van der Waals surface area (Å²) in [4.78, 5) is 5.88. The van der Waals surface area contributed by atoms with Crippen LogP contribution in [0.3, 0.4) is 0 Å². The normalized spacial score (nSPS) is 10.6. The van der Waals surface area contributed by atoms with Crippen molar-refractivity contribution < 1.29 is 9.57 Å². The quantitative estimate of drug-likeness (QED) is 0.579. The van der Waals surface area contributed by atoms with Crippen LogP contribution in [0.4, 0.5) is 0 Å². The van der Waals surface area contributed by atoms with Gasteiger partial charge in [-0.3, -0.25) is 4.84 Å². The Kier molecular flexibility index (Phi) is 5.16. The van der Waals surface area contributed by atoms with E-state index in [1.807, 2.05) is 4.73 Å². The predicted molar refractivity (Wildman–Crippen MR) is 81.7 cm³/mol. The van der Waals surface area contributed by atoms with Crippen molar-refractivity contribution in [3.05, 3.63) is 65.0 Å². The molecule has 0 bridgehead atoms. The molecule has 2 rings (SSSR count). The first-order valence-corrected chi connectivity index (χ1v) is 7.34. The fourth-order valence-electron chi connectivity index (χ4n) is 2.53. The van der Waals surface area contributed by atoms with E-state index in [0.717, 1.165) is 37.3 Å². The summed E-state index contributed by atoms with van der Waals surface area (Å²) in [6, 6.07) is 14.9. The van der Waals surface area contributed by atoms with Gasteiger partial charge in [-0.2, -0.15) is 0 Å². The molecule has 1 aromatic heterocycles. The highest BCUT2D eigenvalue weighted by Gasteiger charge is 2.13. The Morgan fingerprint density at radius 1 is 0.900 bits per heavy atom. The molecule has 0 atom stereocenters. The number of hydrogen-bond acceptors (Lipinski definition) is 1. The van der Waals surface area contributed by atoms with Gasteiger partial charge in [0.25, 0.3) is 0 Å².